The number of hydrogen-bond acceptors (Lipinski definition) is 3. The number of nitrogens with zero attached hydrogens (tertiary/aromatic N) is 1. The standard InChI is InChI=1S/C15H10BrFN2OS/c16-10-7-9(5-6-11(10)17)8-14(20)19-15-18-12-3-1-2-4-13(12)21-15/h1-7H,8H2,(H,18,19,20). The lowest BCUT2D eigenvalue weighted by Gasteiger charge is -2.03. The molecule has 0 aliphatic heterocycles. The van der Waals surface area contributed by atoms with Crippen LogP contribution in [0.2, 0.25) is 0 Å². The van der Waals surface area contributed by atoms with Crippen LogP contribution in [-0.2, 0) is 11.2 Å². The van der Waals surface area contributed by atoms with Gasteiger partial charge in [-0.05, 0) is 45.8 Å². The number of amides is 1. The number of para-hydroxylation sites is 1. The van der Waals surface area contributed by atoms with Gasteiger partial charge in [-0.2, -0.15) is 0 Å². The Morgan fingerprint density at radius 3 is 2.86 bits per heavy atom. The molecule has 3 rings (SSSR count). The number of thiazole rings is 1. The fraction of sp³-hybridized carbons (Fsp3) is 0.0667. The first-order valence-electron chi connectivity index (χ1n) is 6.21. The van der Waals surface area contributed by atoms with Gasteiger partial charge in [-0.15, -0.1) is 0 Å². The van der Waals surface area contributed by atoms with Gasteiger partial charge in [0.2, 0.25) is 5.91 Å². The van der Waals surface area contributed by atoms with E-state index in [-0.39, 0.29) is 18.1 Å². The summed E-state index contributed by atoms with van der Waals surface area (Å²) in [6, 6.07) is 12.2. The summed E-state index contributed by atoms with van der Waals surface area (Å²) in [6.07, 6.45) is 0.175. The predicted molar refractivity (Wildman–Crippen MR) is 86.1 cm³/mol. The second-order valence-electron chi connectivity index (χ2n) is 4.46. The first-order chi connectivity index (χ1) is 10.1. The van der Waals surface area contributed by atoms with Gasteiger partial charge in [0.15, 0.2) is 5.13 Å². The fourth-order valence-electron chi connectivity index (χ4n) is 1.92. The Balaban J connectivity index is 1.72. The van der Waals surface area contributed by atoms with E-state index in [1.807, 2.05) is 24.3 Å². The summed E-state index contributed by atoms with van der Waals surface area (Å²) in [5.41, 5.74) is 1.60. The highest BCUT2D eigenvalue weighted by molar-refractivity contribution is 9.10. The molecule has 1 heterocycles. The molecular weight excluding hydrogens is 355 g/mol. The molecule has 0 bridgehead atoms. The average molecular weight is 365 g/mol. The normalized spacial score (nSPS) is 10.8. The van der Waals surface area contributed by atoms with Crippen molar-refractivity contribution in [2.75, 3.05) is 5.32 Å². The van der Waals surface area contributed by atoms with E-state index in [9.17, 15) is 9.18 Å². The second kappa shape index (κ2) is 5.91. The zero-order valence-electron chi connectivity index (χ0n) is 10.8. The third-order valence-electron chi connectivity index (χ3n) is 2.89. The maximum absolute atomic E-state index is 13.1. The molecule has 0 aliphatic carbocycles. The van der Waals surface area contributed by atoms with Gasteiger partial charge < -0.3 is 5.32 Å². The molecule has 21 heavy (non-hydrogen) atoms. The van der Waals surface area contributed by atoms with Crippen molar-refractivity contribution in [3.8, 4) is 0 Å². The molecule has 0 saturated carbocycles. The minimum Gasteiger partial charge on any atom is -0.302 e. The van der Waals surface area contributed by atoms with Crippen molar-refractivity contribution in [1.82, 2.24) is 4.98 Å². The van der Waals surface area contributed by atoms with E-state index in [1.165, 1.54) is 17.4 Å². The molecule has 0 saturated heterocycles. The number of nitrogens with one attached hydrogen (secondary N) is 1. The van der Waals surface area contributed by atoms with E-state index in [1.54, 1.807) is 12.1 Å². The molecule has 3 nitrogen and oxygen atoms in total. The van der Waals surface area contributed by atoms with Crippen LogP contribution in [0.5, 0.6) is 0 Å². The molecule has 0 spiro atoms. The van der Waals surface area contributed by atoms with E-state index < -0.39 is 0 Å². The summed E-state index contributed by atoms with van der Waals surface area (Å²) in [5.74, 6) is -0.516. The van der Waals surface area contributed by atoms with Crippen LogP contribution >= 0.6 is 27.3 Å². The zero-order valence-corrected chi connectivity index (χ0v) is 13.2. The van der Waals surface area contributed by atoms with Gasteiger partial charge in [0.05, 0.1) is 21.1 Å². The van der Waals surface area contributed by atoms with Crippen LogP contribution in [0.3, 0.4) is 0 Å². The highest BCUT2D eigenvalue weighted by Crippen LogP contribution is 2.25. The van der Waals surface area contributed by atoms with Crippen molar-refractivity contribution < 1.29 is 9.18 Å². The molecule has 0 atom stereocenters. The van der Waals surface area contributed by atoms with Crippen molar-refractivity contribution in [2.24, 2.45) is 0 Å². The molecule has 1 amide bonds. The van der Waals surface area contributed by atoms with Crippen LogP contribution in [0.1, 0.15) is 5.56 Å². The van der Waals surface area contributed by atoms with Gasteiger partial charge in [-0.25, -0.2) is 9.37 Å². The molecule has 6 heteroatoms. The first-order valence-corrected chi connectivity index (χ1v) is 7.82. The van der Waals surface area contributed by atoms with Gasteiger partial charge in [-0.3, -0.25) is 4.79 Å². The van der Waals surface area contributed by atoms with Crippen LogP contribution in [-0.4, -0.2) is 10.9 Å². The monoisotopic (exact) mass is 364 g/mol. The van der Waals surface area contributed by atoms with Crippen molar-refractivity contribution in [3.63, 3.8) is 0 Å². The third kappa shape index (κ3) is 3.28. The summed E-state index contributed by atoms with van der Waals surface area (Å²) < 4.78 is 14.5. The number of carbonyl (C=O) groups is 1. The first kappa shape index (κ1) is 14.2. The molecule has 106 valence electrons. The Bertz CT molecular complexity index is 785. The molecular formula is C15H10BrFN2OS. The molecule has 0 unspecified atom stereocenters. The average Bonchev–Trinajstić information content (AvgIpc) is 2.84. The predicted octanol–water partition coefficient (Wildman–Crippen LogP) is 4.38. The Kier molecular flexibility index (Phi) is 3.98. The zero-order chi connectivity index (χ0) is 14.8. The van der Waals surface area contributed by atoms with Gasteiger partial charge in [0, 0.05) is 0 Å². The minimum absolute atomic E-state index is 0.174. The number of anilines is 1. The molecule has 1 aromatic heterocycles. The van der Waals surface area contributed by atoms with E-state index >= 15 is 0 Å². The van der Waals surface area contributed by atoms with Gasteiger partial charge in [0.1, 0.15) is 5.82 Å². The number of carbonyl (C=O) groups excluding carboxylic acids is 1. The Labute approximate surface area is 133 Å². The summed E-state index contributed by atoms with van der Waals surface area (Å²) in [6.45, 7) is 0. The van der Waals surface area contributed by atoms with E-state index in [0.717, 1.165) is 15.8 Å². The van der Waals surface area contributed by atoms with Gasteiger partial charge in [0.25, 0.3) is 0 Å². The number of benzene rings is 2. The summed E-state index contributed by atoms with van der Waals surface area (Å²) in [7, 11) is 0. The third-order valence-corrected chi connectivity index (χ3v) is 4.45. The minimum atomic E-state index is -0.342. The molecule has 1 N–H and O–H groups in total. The summed E-state index contributed by atoms with van der Waals surface area (Å²) >= 11 is 4.54. The van der Waals surface area contributed by atoms with Gasteiger partial charge in [-0.1, -0.05) is 29.5 Å². The van der Waals surface area contributed by atoms with Crippen molar-refractivity contribution >= 4 is 48.5 Å². The number of halogens is 2. The quantitative estimate of drug-likeness (QED) is 0.749. The molecule has 0 fully saturated rings. The van der Waals surface area contributed by atoms with E-state index in [0.29, 0.717) is 9.60 Å². The van der Waals surface area contributed by atoms with Gasteiger partial charge >= 0.3 is 0 Å². The molecule has 3 aromatic rings. The number of aromatic nitrogens is 1. The molecule has 2 aromatic carbocycles. The summed E-state index contributed by atoms with van der Waals surface area (Å²) in [4.78, 5) is 16.3. The van der Waals surface area contributed by atoms with Crippen LogP contribution in [0.4, 0.5) is 9.52 Å². The van der Waals surface area contributed by atoms with Crippen molar-refractivity contribution in [1.29, 1.82) is 0 Å². The second-order valence-corrected chi connectivity index (χ2v) is 6.35. The lowest BCUT2D eigenvalue weighted by Crippen LogP contribution is -2.14. The topological polar surface area (TPSA) is 42.0 Å². The van der Waals surface area contributed by atoms with Crippen molar-refractivity contribution in [3.05, 3.63) is 58.3 Å². The highest BCUT2D eigenvalue weighted by Gasteiger charge is 2.09. The largest absolute Gasteiger partial charge is 0.302 e. The van der Waals surface area contributed by atoms with Crippen LogP contribution in [0, 0.1) is 5.82 Å². The molecule has 0 radical (unpaired) electrons. The Morgan fingerprint density at radius 2 is 2.10 bits per heavy atom. The smallest absolute Gasteiger partial charge is 0.230 e. The van der Waals surface area contributed by atoms with E-state index in [2.05, 4.69) is 26.2 Å². The maximum atomic E-state index is 13.1. The Morgan fingerprint density at radius 1 is 1.29 bits per heavy atom. The number of rotatable bonds is 3. The summed E-state index contributed by atoms with van der Waals surface area (Å²) in [5, 5.41) is 3.34. The number of fused-ring (bicyclic) bond motifs is 1. The van der Waals surface area contributed by atoms with Crippen LogP contribution in [0.15, 0.2) is 46.9 Å². The van der Waals surface area contributed by atoms with E-state index in [4.69, 9.17) is 0 Å². The Hall–Kier alpha value is -1.79. The maximum Gasteiger partial charge on any atom is 0.230 e. The van der Waals surface area contributed by atoms with Crippen LogP contribution < -0.4 is 5.32 Å². The fourth-order valence-corrected chi connectivity index (χ4v) is 3.23. The number of hydrogen-bond donors (Lipinski definition) is 1. The lowest BCUT2D eigenvalue weighted by atomic mass is 10.1. The van der Waals surface area contributed by atoms with Crippen LogP contribution in [0.25, 0.3) is 10.2 Å². The SMILES string of the molecule is O=C(Cc1ccc(F)c(Br)c1)Nc1nc2ccccc2s1. The lowest BCUT2D eigenvalue weighted by molar-refractivity contribution is -0.115. The molecule has 0 aliphatic rings. The highest BCUT2D eigenvalue weighted by atomic mass is 79.9. The van der Waals surface area contributed by atoms with Crippen molar-refractivity contribution in [2.45, 2.75) is 6.42 Å².